The molecule has 0 bridgehead atoms. The Bertz CT molecular complexity index is 482. The van der Waals surface area contributed by atoms with Gasteiger partial charge in [-0.1, -0.05) is 12.1 Å². The van der Waals surface area contributed by atoms with Crippen LogP contribution in [-0.2, 0) is 9.59 Å². The van der Waals surface area contributed by atoms with E-state index in [1.807, 2.05) is 6.92 Å². The van der Waals surface area contributed by atoms with E-state index in [0.717, 1.165) is 5.56 Å². The summed E-state index contributed by atoms with van der Waals surface area (Å²) in [6.45, 7) is 1.82. The summed E-state index contributed by atoms with van der Waals surface area (Å²) < 4.78 is 12.7. The molecule has 0 radical (unpaired) electrons. The third-order valence-electron chi connectivity index (χ3n) is 2.71. The number of rotatable bonds is 7. The molecule has 0 aliphatic carbocycles. The van der Waals surface area contributed by atoms with Crippen molar-refractivity contribution < 1.29 is 19.1 Å². The fraction of sp³-hybridized carbons (Fsp3) is 0.333. The minimum absolute atomic E-state index is 0.0836. The summed E-state index contributed by atoms with van der Waals surface area (Å²) >= 11 is 0. The van der Waals surface area contributed by atoms with Gasteiger partial charge in [-0.25, -0.2) is 4.39 Å². The average molecular weight is 279 g/mol. The third-order valence-corrected chi connectivity index (χ3v) is 2.71. The average Bonchev–Trinajstić information content (AvgIpc) is 2.37. The number of carbonyl (C=O) groups is 2. The van der Waals surface area contributed by atoms with Crippen molar-refractivity contribution in [3.63, 3.8) is 0 Å². The molecular formula is C15H18FNO3. The lowest BCUT2D eigenvalue weighted by atomic mass is 10.1. The van der Waals surface area contributed by atoms with E-state index >= 15 is 0 Å². The van der Waals surface area contributed by atoms with Crippen molar-refractivity contribution >= 4 is 18.0 Å². The number of carbonyl (C=O) groups excluding carboxylic acids is 1. The molecule has 1 atom stereocenters. The van der Waals surface area contributed by atoms with Gasteiger partial charge in [-0.3, -0.25) is 9.59 Å². The van der Waals surface area contributed by atoms with Gasteiger partial charge >= 0.3 is 5.97 Å². The van der Waals surface area contributed by atoms with Crippen LogP contribution in [0.2, 0.25) is 0 Å². The first-order valence-corrected chi connectivity index (χ1v) is 6.43. The van der Waals surface area contributed by atoms with Gasteiger partial charge in [-0.2, -0.15) is 0 Å². The summed E-state index contributed by atoms with van der Waals surface area (Å²) in [4.78, 5) is 22.0. The van der Waals surface area contributed by atoms with E-state index in [1.165, 1.54) is 18.2 Å². The summed E-state index contributed by atoms with van der Waals surface area (Å²) in [5.41, 5.74) is 0.736. The van der Waals surface area contributed by atoms with Crippen LogP contribution in [0.1, 0.15) is 31.7 Å². The summed E-state index contributed by atoms with van der Waals surface area (Å²) in [5, 5.41) is 11.3. The van der Waals surface area contributed by atoms with Crippen LogP contribution in [0.5, 0.6) is 0 Å². The second-order valence-corrected chi connectivity index (χ2v) is 4.58. The lowest BCUT2D eigenvalue weighted by Crippen LogP contribution is -2.31. The highest BCUT2D eigenvalue weighted by Crippen LogP contribution is 2.05. The Morgan fingerprint density at radius 2 is 2.00 bits per heavy atom. The highest BCUT2D eigenvalue weighted by Gasteiger charge is 2.05. The number of hydrogen-bond donors (Lipinski definition) is 2. The van der Waals surface area contributed by atoms with Crippen molar-refractivity contribution in [3.05, 3.63) is 41.7 Å². The van der Waals surface area contributed by atoms with Gasteiger partial charge in [0.15, 0.2) is 0 Å². The van der Waals surface area contributed by atoms with Crippen LogP contribution in [-0.4, -0.2) is 23.0 Å². The van der Waals surface area contributed by atoms with Crippen molar-refractivity contribution in [1.29, 1.82) is 0 Å². The molecule has 0 aliphatic rings. The lowest BCUT2D eigenvalue weighted by Gasteiger charge is -2.11. The Hall–Kier alpha value is -2.17. The predicted molar refractivity (Wildman–Crippen MR) is 74.5 cm³/mol. The number of halogens is 1. The Morgan fingerprint density at radius 1 is 1.35 bits per heavy atom. The van der Waals surface area contributed by atoms with Crippen LogP contribution < -0.4 is 5.32 Å². The quantitative estimate of drug-likeness (QED) is 0.754. The van der Waals surface area contributed by atoms with E-state index in [2.05, 4.69) is 5.32 Å². The molecule has 108 valence electrons. The van der Waals surface area contributed by atoms with Crippen LogP contribution in [0.3, 0.4) is 0 Å². The van der Waals surface area contributed by atoms with E-state index in [1.54, 1.807) is 18.2 Å². The molecule has 0 aromatic heterocycles. The molecular weight excluding hydrogens is 261 g/mol. The number of benzene rings is 1. The fourth-order valence-corrected chi connectivity index (χ4v) is 1.67. The highest BCUT2D eigenvalue weighted by molar-refractivity contribution is 5.91. The van der Waals surface area contributed by atoms with Crippen LogP contribution in [0.25, 0.3) is 6.08 Å². The summed E-state index contributed by atoms with van der Waals surface area (Å²) in [5.74, 6) is -1.41. The van der Waals surface area contributed by atoms with Gasteiger partial charge in [0.05, 0.1) is 0 Å². The summed E-state index contributed by atoms with van der Waals surface area (Å²) in [7, 11) is 0. The molecule has 0 spiro atoms. The highest BCUT2D eigenvalue weighted by atomic mass is 19.1. The standard InChI is InChI=1S/C15H18FNO3/c1-11(3-2-4-15(19)20)17-14(18)10-7-12-5-8-13(16)9-6-12/h5-11H,2-4H2,1H3,(H,17,18)(H,19,20)/b10-7+. The number of carboxylic acid groups (broad SMARTS) is 1. The Morgan fingerprint density at radius 3 is 2.60 bits per heavy atom. The first kappa shape index (κ1) is 15.9. The summed E-state index contributed by atoms with van der Waals surface area (Å²) in [6, 6.07) is 5.72. The molecule has 1 aromatic rings. The molecule has 1 aromatic carbocycles. The molecule has 0 aliphatic heterocycles. The van der Waals surface area contributed by atoms with Gasteiger partial charge in [0, 0.05) is 18.5 Å². The maximum Gasteiger partial charge on any atom is 0.303 e. The smallest absolute Gasteiger partial charge is 0.303 e. The lowest BCUT2D eigenvalue weighted by molar-refractivity contribution is -0.137. The topological polar surface area (TPSA) is 66.4 Å². The van der Waals surface area contributed by atoms with Crippen molar-refractivity contribution in [2.75, 3.05) is 0 Å². The number of carboxylic acids is 1. The molecule has 0 saturated carbocycles. The molecule has 2 N–H and O–H groups in total. The second kappa shape index (κ2) is 8.09. The van der Waals surface area contributed by atoms with Crippen LogP contribution in [0.15, 0.2) is 30.3 Å². The molecule has 1 rings (SSSR count). The zero-order valence-electron chi connectivity index (χ0n) is 11.3. The maximum atomic E-state index is 12.7. The first-order chi connectivity index (χ1) is 9.47. The van der Waals surface area contributed by atoms with Gasteiger partial charge in [-0.05, 0) is 43.5 Å². The number of aliphatic carboxylic acids is 1. The summed E-state index contributed by atoms with van der Waals surface area (Å²) in [6.07, 6.45) is 4.21. The third kappa shape index (κ3) is 6.68. The number of nitrogens with one attached hydrogen (secondary N) is 1. The second-order valence-electron chi connectivity index (χ2n) is 4.58. The van der Waals surface area contributed by atoms with Gasteiger partial charge < -0.3 is 10.4 Å². The van der Waals surface area contributed by atoms with Gasteiger partial charge in [-0.15, -0.1) is 0 Å². The van der Waals surface area contributed by atoms with E-state index in [0.29, 0.717) is 12.8 Å². The maximum absolute atomic E-state index is 12.7. The molecule has 0 saturated heterocycles. The predicted octanol–water partition coefficient (Wildman–Crippen LogP) is 2.60. The van der Waals surface area contributed by atoms with Crippen LogP contribution >= 0.6 is 0 Å². The SMILES string of the molecule is CC(CCCC(=O)O)NC(=O)/C=C/c1ccc(F)cc1. The Balaban J connectivity index is 2.35. The van der Waals surface area contributed by atoms with E-state index in [4.69, 9.17) is 5.11 Å². The zero-order chi connectivity index (χ0) is 15.0. The number of amides is 1. The number of hydrogen-bond acceptors (Lipinski definition) is 2. The fourth-order valence-electron chi connectivity index (χ4n) is 1.67. The molecule has 1 unspecified atom stereocenters. The Labute approximate surface area is 117 Å². The Kier molecular flexibility index (Phi) is 6.43. The van der Waals surface area contributed by atoms with Crippen molar-refractivity contribution in [1.82, 2.24) is 5.32 Å². The van der Waals surface area contributed by atoms with Crippen LogP contribution in [0.4, 0.5) is 4.39 Å². The normalized spacial score (nSPS) is 12.3. The largest absolute Gasteiger partial charge is 0.481 e. The zero-order valence-corrected chi connectivity index (χ0v) is 11.3. The minimum Gasteiger partial charge on any atom is -0.481 e. The molecule has 0 fully saturated rings. The molecule has 5 heteroatoms. The van der Waals surface area contributed by atoms with Gasteiger partial charge in [0.25, 0.3) is 0 Å². The van der Waals surface area contributed by atoms with Gasteiger partial charge in [0.2, 0.25) is 5.91 Å². The van der Waals surface area contributed by atoms with Gasteiger partial charge in [0.1, 0.15) is 5.82 Å². The molecule has 20 heavy (non-hydrogen) atoms. The molecule has 0 heterocycles. The molecule has 1 amide bonds. The van der Waals surface area contributed by atoms with E-state index in [-0.39, 0.29) is 24.2 Å². The van der Waals surface area contributed by atoms with Crippen molar-refractivity contribution in [3.8, 4) is 0 Å². The first-order valence-electron chi connectivity index (χ1n) is 6.43. The van der Waals surface area contributed by atoms with Crippen molar-refractivity contribution in [2.24, 2.45) is 0 Å². The molecule has 4 nitrogen and oxygen atoms in total. The van der Waals surface area contributed by atoms with E-state index in [9.17, 15) is 14.0 Å². The van der Waals surface area contributed by atoms with Crippen molar-refractivity contribution in [2.45, 2.75) is 32.2 Å². The monoisotopic (exact) mass is 279 g/mol. The minimum atomic E-state index is -0.834. The van der Waals surface area contributed by atoms with Crippen LogP contribution in [0, 0.1) is 5.82 Å². The van der Waals surface area contributed by atoms with E-state index < -0.39 is 5.97 Å².